The van der Waals surface area contributed by atoms with Crippen molar-refractivity contribution in [2.24, 2.45) is 5.92 Å². The Morgan fingerprint density at radius 3 is 2.50 bits per heavy atom. The van der Waals surface area contributed by atoms with Crippen molar-refractivity contribution in [3.8, 4) is 0 Å². The summed E-state index contributed by atoms with van der Waals surface area (Å²) in [5, 5.41) is 0. The molecule has 0 radical (unpaired) electrons. The van der Waals surface area contributed by atoms with Gasteiger partial charge in [-0.1, -0.05) is 45.0 Å². The van der Waals surface area contributed by atoms with Crippen LogP contribution in [0.4, 0.5) is 0 Å². The van der Waals surface area contributed by atoms with Gasteiger partial charge in [-0.25, -0.2) is 0 Å². The van der Waals surface area contributed by atoms with Crippen LogP contribution in [0.15, 0.2) is 24.3 Å². The third-order valence-corrected chi connectivity index (χ3v) is 2.42. The number of ketones is 1. The number of rotatable bonds is 0. The van der Waals surface area contributed by atoms with E-state index in [0.717, 1.165) is 18.4 Å². The van der Waals surface area contributed by atoms with Crippen molar-refractivity contribution in [2.45, 2.75) is 33.6 Å². The van der Waals surface area contributed by atoms with Crippen LogP contribution >= 0.6 is 0 Å². The van der Waals surface area contributed by atoms with Gasteiger partial charge in [0.1, 0.15) is 0 Å². The van der Waals surface area contributed by atoms with Gasteiger partial charge in [-0.3, -0.25) is 4.79 Å². The van der Waals surface area contributed by atoms with Crippen molar-refractivity contribution < 1.29 is 4.79 Å². The van der Waals surface area contributed by atoms with Crippen molar-refractivity contribution in [3.63, 3.8) is 0 Å². The zero-order valence-electron chi connectivity index (χ0n) is 9.21. The highest BCUT2D eigenvalue weighted by molar-refractivity contribution is 5.98. The van der Waals surface area contributed by atoms with Crippen molar-refractivity contribution in [3.05, 3.63) is 35.4 Å². The molecule has 1 heteroatoms. The molecule has 1 aromatic carbocycles. The minimum Gasteiger partial charge on any atom is -0.294 e. The van der Waals surface area contributed by atoms with Crippen LogP contribution in [0.3, 0.4) is 0 Å². The number of Topliss-reactive ketones (excluding diaryl/α,β-unsaturated/α-hetero) is 1. The van der Waals surface area contributed by atoms with Crippen molar-refractivity contribution in [2.75, 3.05) is 0 Å². The molecular formula is C13H18O. The van der Waals surface area contributed by atoms with E-state index < -0.39 is 0 Å². The highest BCUT2D eigenvalue weighted by atomic mass is 16.1. The fourth-order valence-corrected chi connectivity index (χ4v) is 1.84. The number of carbonyl (C=O) groups is 1. The molecule has 0 amide bonds. The summed E-state index contributed by atoms with van der Waals surface area (Å²) in [6.07, 6.45) is 1.78. The summed E-state index contributed by atoms with van der Waals surface area (Å²) in [4.78, 5) is 11.5. The second kappa shape index (κ2) is 4.94. The maximum absolute atomic E-state index is 11.5. The van der Waals surface area contributed by atoms with Gasteiger partial charge in [0.05, 0.1) is 0 Å². The molecule has 0 N–H and O–H groups in total. The lowest BCUT2D eigenvalue weighted by Gasteiger charge is -2.19. The number of hydrogen-bond donors (Lipinski definition) is 0. The number of fused-ring (bicyclic) bond motifs is 1. The third kappa shape index (κ3) is 2.22. The summed E-state index contributed by atoms with van der Waals surface area (Å²) in [7, 11) is 0. The van der Waals surface area contributed by atoms with Crippen LogP contribution < -0.4 is 0 Å². The van der Waals surface area contributed by atoms with E-state index in [1.807, 2.05) is 32.0 Å². The van der Waals surface area contributed by atoms with Gasteiger partial charge in [0, 0.05) is 12.0 Å². The Bertz CT molecular complexity index is 315. The molecule has 0 fully saturated rings. The molecule has 0 heterocycles. The Hall–Kier alpha value is -1.11. The topological polar surface area (TPSA) is 17.1 Å². The average molecular weight is 190 g/mol. The van der Waals surface area contributed by atoms with Gasteiger partial charge >= 0.3 is 0 Å². The zero-order chi connectivity index (χ0) is 10.6. The maximum Gasteiger partial charge on any atom is 0.163 e. The van der Waals surface area contributed by atoms with Crippen LogP contribution in [0, 0.1) is 5.92 Å². The van der Waals surface area contributed by atoms with Gasteiger partial charge < -0.3 is 0 Å². The molecule has 0 saturated carbocycles. The van der Waals surface area contributed by atoms with Crippen LogP contribution in [0.25, 0.3) is 0 Å². The van der Waals surface area contributed by atoms with E-state index in [4.69, 9.17) is 0 Å². The van der Waals surface area contributed by atoms with Crippen LogP contribution in [0.5, 0.6) is 0 Å². The Morgan fingerprint density at radius 1 is 1.14 bits per heavy atom. The number of hydrogen-bond acceptors (Lipinski definition) is 1. The monoisotopic (exact) mass is 190 g/mol. The van der Waals surface area contributed by atoms with Gasteiger partial charge in [0.25, 0.3) is 0 Å². The lowest BCUT2D eigenvalue weighted by molar-refractivity contribution is 0.0953. The Balaban J connectivity index is 0.000000461. The number of carbonyl (C=O) groups excluding carboxylic acids is 1. The van der Waals surface area contributed by atoms with Gasteiger partial charge in [-0.2, -0.15) is 0 Å². The predicted octanol–water partition coefficient (Wildman–Crippen LogP) is 3.48. The van der Waals surface area contributed by atoms with E-state index in [1.54, 1.807) is 0 Å². The summed E-state index contributed by atoms with van der Waals surface area (Å²) < 4.78 is 0. The first kappa shape index (κ1) is 11.0. The molecule has 1 nitrogen and oxygen atoms in total. The molecule has 1 atom stereocenters. The molecule has 0 spiro atoms. The molecule has 1 aromatic rings. The van der Waals surface area contributed by atoms with E-state index >= 15 is 0 Å². The second-order valence-electron chi connectivity index (χ2n) is 3.59. The quantitative estimate of drug-likeness (QED) is 0.612. The molecule has 1 unspecified atom stereocenters. The molecule has 0 aliphatic heterocycles. The van der Waals surface area contributed by atoms with Gasteiger partial charge in [0.2, 0.25) is 0 Å². The predicted molar refractivity (Wildman–Crippen MR) is 59.6 cm³/mol. The highest BCUT2D eigenvalue weighted by Gasteiger charge is 2.20. The summed E-state index contributed by atoms with van der Waals surface area (Å²) in [5.41, 5.74) is 2.16. The largest absolute Gasteiger partial charge is 0.294 e. The summed E-state index contributed by atoms with van der Waals surface area (Å²) in [6.45, 7) is 6.13. The minimum absolute atomic E-state index is 0.310. The minimum atomic E-state index is 0.310. The molecule has 1 aliphatic rings. The zero-order valence-corrected chi connectivity index (χ0v) is 9.21. The van der Waals surface area contributed by atoms with E-state index in [1.165, 1.54) is 5.56 Å². The van der Waals surface area contributed by atoms with Crippen LogP contribution in [-0.4, -0.2) is 5.78 Å². The van der Waals surface area contributed by atoms with Gasteiger partial charge in [-0.05, 0) is 17.9 Å². The molecule has 14 heavy (non-hydrogen) atoms. The molecule has 0 saturated heterocycles. The van der Waals surface area contributed by atoms with Crippen LogP contribution in [0.1, 0.15) is 43.1 Å². The Labute approximate surface area is 86.1 Å². The number of benzene rings is 1. The lowest BCUT2D eigenvalue weighted by Crippen LogP contribution is -2.17. The fourth-order valence-electron chi connectivity index (χ4n) is 1.84. The third-order valence-electron chi connectivity index (χ3n) is 2.42. The van der Waals surface area contributed by atoms with Crippen molar-refractivity contribution >= 4 is 5.78 Å². The van der Waals surface area contributed by atoms with Crippen LogP contribution in [-0.2, 0) is 6.42 Å². The Kier molecular flexibility index (Phi) is 3.87. The SMILES string of the molecule is CC.CC1CC(=O)c2ccccc2C1. The smallest absolute Gasteiger partial charge is 0.163 e. The molecule has 0 aromatic heterocycles. The van der Waals surface area contributed by atoms with E-state index in [0.29, 0.717) is 11.7 Å². The van der Waals surface area contributed by atoms with E-state index in [9.17, 15) is 4.79 Å². The summed E-state index contributed by atoms with van der Waals surface area (Å²) in [6, 6.07) is 7.93. The first-order valence-electron chi connectivity index (χ1n) is 5.38. The van der Waals surface area contributed by atoms with Crippen molar-refractivity contribution in [1.82, 2.24) is 0 Å². The molecule has 1 aliphatic carbocycles. The molecule has 0 bridgehead atoms. The summed E-state index contributed by atoms with van der Waals surface area (Å²) >= 11 is 0. The average Bonchev–Trinajstić information content (AvgIpc) is 2.20. The maximum atomic E-state index is 11.5. The lowest BCUT2D eigenvalue weighted by atomic mass is 9.84. The summed E-state index contributed by atoms with van der Waals surface area (Å²) in [5.74, 6) is 0.830. The van der Waals surface area contributed by atoms with Crippen LogP contribution in [0.2, 0.25) is 0 Å². The molecule has 2 rings (SSSR count). The first-order chi connectivity index (χ1) is 6.77. The highest BCUT2D eigenvalue weighted by Crippen LogP contribution is 2.24. The van der Waals surface area contributed by atoms with E-state index in [2.05, 4.69) is 13.0 Å². The second-order valence-corrected chi connectivity index (χ2v) is 3.59. The Morgan fingerprint density at radius 2 is 1.79 bits per heavy atom. The fraction of sp³-hybridized carbons (Fsp3) is 0.462. The standard InChI is InChI=1S/C11H12O.C2H6/c1-8-6-9-4-2-3-5-10(9)11(12)7-8;1-2/h2-5,8H,6-7H2,1H3;1-2H3. The van der Waals surface area contributed by atoms with Gasteiger partial charge in [0.15, 0.2) is 5.78 Å². The van der Waals surface area contributed by atoms with Crippen molar-refractivity contribution in [1.29, 1.82) is 0 Å². The van der Waals surface area contributed by atoms with Gasteiger partial charge in [-0.15, -0.1) is 0 Å². The molecular weight excluding hydrogens is 172 g/mol. The first-order valence-corrected chi connectivity index (χ1v) is 5.38. The normalized spacial score (nSPS) is 19.4. The molecule has 76 valence electrons. The van der Waals surface area contributed by atoms with E-state index in [-0.39, 0.29) is 0 Å².